The molecule has 0 amide bonds. The maximum absolute atomic E-state index is 12.6. The van der Waals surface area contributed by atoms with Gasteiger partial charge < -0.3 is 4.57 Å². The van der Waals surface area contributed by atoms with Gasteiger partial charge in [0.05, 0.1) is 0 Å². The summed E-state index contributed by atoms with van der Waals surface area (Å²) in [6.07, 6.45) is 6.09. The van der Waals surface area contributed by atoms with E-state index in [1.165, 1.54) is 0 Å². The summed E-state index contributed by atoms with van der Waals surface area (Å²) in [6, 6.07) is 0. The third-order valence-electron chi connectivity index (χ3n) is 3.18. The van der Waals surface area contributed by atoms with E-state index >= 15 is 0 Å². The molecule has 0 aliphatic heterocycles. The van der Waals surface area contributed by atoms with Crippen molar-refractivity contribution in [3.63, 3.8) is 0 Å². The van der Waals surface area contributed by atoms with Gasteiger partial charge in [0, 0.05) is 11.3 Å². The molecule has 2 atom stereocenters. The second kappa shape index (κ2) is 7.74. The Balaban J connectivity index is 4.64. The summed E-state index contributed by atoms with van der Waals surface area (Å²) in [5.41, 5.74) is 0.473. The van der Waals surface area contributed by atoms with Gasteiger partial charge in [-0.15, -0.1) is 0 Å². The zero-order valence-corrected chi connectivity index (χ0v) is 12.3. The Morgan fingerprint density at radius 3 is 1.47 bits per heavy atom. The average Bonchev–Trinajstić information content (AvgIpc) is 2.21. The van der Waals surface area contributed by atoms with E-state index in [-0.39, 0.29) is 11.3 Å². The first kappa shape index (κ1) is 15.5. The number of rotatable bonds is 8. The van der Waals surface area contributed by atoms with Crippen LogP contribution < -0.4 is 0 Å². The van der Waals surface area contributed by atoms with Crippen molar-refractivity contribution in [3.05, 3.63) is 0 Å². The minimum absolute atomic E-state index is 0.237. The molecule has 0 radical (unpaired) electrons. The van der Waals surface area contributed by atoms with Gasteiger partial charge in [-0.25, -0.2) is 0 Å². The van der Waals surface area contributed by atoms with E-state index in [0.717, 1.165) is 38.5 Å². The summed E-state index contributed by atoms with van der Waals surface area (Å²) in [5, 5.41) is 0. The first-order valence-corrected chi connectivity index (χ1v) is 9.08. The summed E-state index contributed by atoms with van der Waals surface area (Å²) < 4.78 is 12.6. The lowest BCUT2D eigenvalue weighted by Gasteiger charge is -2.28. The first-order chi connectivity index (χ1) is 7.04. The van der Waals surface area contributed by atoms with E-state index in [9.17, 15) is 4.57 Å². The summed E-state index contributed by atoms with van der Waals surface area (Å²) >= 11 is 6.38. The average molecular weight is 253 g/mol. The number of hydrogen-bond acceptors (Lipinski definition) is 1. The highest BCUT2D eigenvalue weighted by molar-refractivity contribution is 7.90. The van der Waals surface area contributed by atoms with Crippen LogP contribution in [0.5, 0.6) is 0 Å². The topological polar surface area (TPSA) is 17.1 Å². The van der Waals surface area contributed by atoms with Crippen molar-refractivity contribution in [1.82, 2.24) is 0 Å². The summed E-state index contributed by atoms with van der Waals surface area (Å²) in [7, 11) is 0. The van der Waals surface area contributed by atoms with Crippen LogP contribution in [-0.4, -0.2) is 11.3 Å². The van der Waals surface area contributed by atoms with Crippen molar-refractivity contribution < 1.29 is 4.57 Å². The molecule has 0 saturated heterocycles. The highest BCUT2D eigenvalue weighted by atomic mass is 35.7. The van der Waals surface area contributed by atoms with Gasteiger partial charge in [-0.3, -0.25) is 0 Å². The van der Waals surface area contributed by atoms with E-state index in [0.29, 0.717) is 0 Å². The van der Waals surface area contributed by atoms with Gasteiger partial charge in [0.15, 0.2) is 6.49 Å². The third kappa shape index (κ3) is 4.49. The van der Waals surface area contributed by atoms with Crippen LogP contribution in [0.1, 0.15) is 66.2 Å². The molecule has 0 bridgehead atoms. The van der Waals surface area contributed by atoms with Gasteiger partial charge in [0.25, 0.3) is 0 Å². The van der Waals surface area contributed by atoms with E-state index in [4.69, 9.17) is 11.2 Å². The van der Waals surface area contributed by atoms with E-state index in [2.05, 4.69) is 27.7 Å². The fraction of sp³-hybridized carbons (Fsp3) is 1.00. The SMILES string of the molecule is CCCC(CC)P(=O)(Cl)C(CC)CCC. The van der Waals surface area contributed by atoms with Gasteiger partial charge >= 0.3 is 0 Å². The van der Waals surface area contributed by atoms with Gasteiger partial charge in [0.2, 0.25) is 0 Å². The molecular weight excluding hydrogens is 227 g/mol. The monoisotopic (exact) mass is 252 g/mol. The Hall–Kier alpha value is 0.520. The Bertz CT molecular complexity index is 188. The zero-order valence-electron chi connectivity index (χ0n) is 10.6. The van der Waals surface area contributed by atoms with Crippen LogP contribution in [0.3, 0.4) is 0 Å². The lowest BCUT2D eigenvalue weighted by Crippen LogP contribution is -2.14. The van der Waals surface area contributed by atoms with Crippen molar-refractivity contribution in [2.45, 2.75) is 77.5 Å². The predicted octanol–water partition coefficient (Wildman–Crippen LogP) is 5.66. The molecule has 15 heavy (non-hydrogen) atoms. The van der Waals surface area contributed by atoms with Crippen molar-refractivity contribution in [2.75, 3.05) is 0 Å². The Morgan fingerprint density at radius 1 is 0.933 bits per heavy atom. The normalized spacial score (nSPS) is 19.5. The summed E-state index contributed by atoms with van der Waals surface area (Å²) in [5.74, 6) is 0. The van der Waals surface area contributed by atoms with Gasteiger partial charge in [-0.05, 0) is 25.7 Å². The molecule has 0 aromatic heterocycles. The first-order valence-electron chi connectivity index (χ1n) is 6.33. The minimum atomic E-state index is -2.47. The standard InChI is InChI=1S/C12H26ClOP/c1-5-9-11(7-3)15(13,14)12(8-4)10-6-2/h11-12H,5-10H2,1-4H3. The maximum Gasteiger partial charge on any atom is 0.175 e. The zero-order chi connectivity index (χ0) is 11.9. The smallest absolute Gasteiger partial charge is 0.175 e. The van der Waals surface area contributed by atoms with E-state index in [1.807, 2.05) is 0 Å². The van der Waals surface area contributed by atoms with Gasteiger partial charge in [-0.1, -0.05) is 51.8 Å². The molecule has 0 heterocycles. The molecule has 0 spiro atoms. The highest BCUT2D eigenvalue weighted by Crippen LogP contribution is 2.64. The lowest BCUT2D eigenvalue weighted by atomic mass is 10.2. The predicted molar refractivity (Wildman–Crippen MR) is 71.4 cm³/mol. The maximum atomic E-state index is 12.6. The van der Waals surface area contributed by atoms with Crippen LogP contribution in [0.15, 0.2) is 0 Å². The molecule has 3 heteroatoms. The molecule has 0 fully saturated rings. The van der Waals surface area contributed by atoms with Gasteiger partial charge in [-0.2, -0.15) is 0 Å². The van der Waals surface area contributed by atoms with Crippen LogP contribution >= 0.6 is 17.7 Å². The van der Waals surface area contributed by atoms with Crippen molar-refractivity contribution in [2.24, 2.45) is 0 Å². The Kier molecular flexibility index (Phi) is 8.01. The molecule has 0 aliphatic rings. The molecule has 0 rings (SSSR count). The van der Waals surface area contributed by atoms with E-state index < -0.39 is 6.49 Å². The highest BCUT2D eigenvalue weighted by Gasteiger charge is 2.35. The number of hydrogen-bond donors (Lipinski definition) is 0. The quantitative estimate of drug-likeness (QED) is 0.510. The second-order valence-electron chi connectivity index (χ2n) is 4.33. The molecule has 1 nitrogen and oxygen atoms in total. The van der Waals surface area contributed by atoms with E-state index in [1.54, 1.807) is 0 Å². The molecule has 0 aromatic carbocycles. The molecule has 0 N–H and O–H groups in total. The lowest BCUT2D eigenvalue weighted by molar-refractivity contribution is 0.540. The Labute approximate surface area is 100 Å². The number of halogens is 1. The molecular formula is C12H26ClOP. The summed E-state index contributed by atoms with van der Waals surface area (Å²) in [4.78, 5) is 0. The second-order valence-corrected chi connectivity index (χ2v) is 8.62. The van der Waals surface area contributed by atoms with Crippen molar-refractivity contribution in [3.8, 4) is 0 Å². The molecule has 0 aromatic rings. The molecule has 92 valence electrons. The van der Waals surface area contributed by atoms with Crippen LogP contribution in [0.2, 0.25) is 0 Å². The molecule has 0 aliphatic carbocycles. The molecule has 2 unspecified atom stereocenters. The Morgan fingerprint density at radius 2 is 1.27 bits per heavy atom. The van der Waals surface area contributed by atoms with Crippen LogP contribution in [0, 0.1) is 0 Å². The summed E-state index contributed by atoms with van der Waals surface area (Å²) in [6.45, 7) is 6.02. The fourth-order valence-corrected chi connectivity index (χ4v) is 6.45. The largest absolute Gasteiger partial charge is 0.306 e. The van der Waals surface area contributed by atoms with Crippen LogP contribution in [0.25, 0.3) is 0 Å². The van der Waals surface area contributed by atoms with Gasteiger partial charge in [0.1, 0.15) is 0 Å². The fourth-order valence-electron chi connectivity index (χ4n) is 2.22. The van der Waals surface area contributed by atoms with Crippen molar-refractivity contribution >= 4 is 17.7 Å². The minimum Gasteiger partial charge on any atom is -0.306 e. The molecule has 0 saturated carbocycles. The van der Waals surface area contributed by atoms with Crippen molar-refractivity contribution in [1.29, 1.82) is 0 Å². The van der Waals surface area contributed by atoms with Crippen LogP contribution in [-0.2, 0) is 4.57 Å². The third-order valence-corrected chi connectivity index (χ3v) is 8.08. The van der Waals surface area contributed by atoms with Crippen LogP contribution in [0.4, 0.5) is 0 Å².